The summed E-state index contributed by atoms with van der Waals surface area (Å²) in [7, 11) is -4.09. The van der Waals surface area contributed by atoms with E-state index in [1.807, 2.05) is 42.5 Å². The summed E-state index contributed by atoms with van der Waals surface area (Å²) in [5, 5.41) is 10.5. The van der Waals surface area contributed by atoms with Crippen LogP contribution in [0, 0.1) is 16.0 Å². The Bertz CT molecular complexity index is 1320. The van der Waals surface area contributed by atoms with Crippen molar-refractivity contribution < 1.29 is 18.1 Å². The molecule has 0 aromatic heterocycles. The summed E-state index contributed by atoms with van der Waals surface area (Å²) in [6.45, 7) is 0.455. The van der Waals surface area contributed by atoms with Crippen LogP contribution in [0.3, 0.4) is 0 Å². The van der Waals surface area contributed by atoms with Crippen LogP contribution in [0.25, 0.3) is 0 Å². The lowest BCUT2D eigenvalue weighted by Gasteiger charge is -2.52. The van der Waals surface area contributed by atoms with E-state index in [0.717, 1.165) is 11.1 Å². The number of amides is 1. The fraction of sp³-hybridized carbons (Fsp3) is 0.208. The minimum Gasteiger partial charge on any atom is -0.330 e. The van der Waals surface area contributed by atoms with Gasteiger partial charge in [0.15, 0.2) is 9.84 Å². The quantitative estimate of drug-likeness (QED) is 0.331. The van der Waals surface area contributed by atoms with Gasteiger partial charge in [-0.05, 0) is 29.2 Å². The molecule has 0 N–H and O–H groups in total. The minimum absolute atomic E-state index is 0.0869. The van der Waals surface area contributed by atoms with E-state index in [1.165, 1.54) is 24.3 Å². The highest BCUT2D eigenvalue weighted by Crippen LogP contribution is 2.54. The van der Waals surface area contributed by atoms with E-state index in [0.29, 0.717) is 12.1 Å². The number of para-hydroxylation sites is 1. The van der Waals surface area contributed by atoms with Gasteiger partial charge in [-0.3, -0.25) is 14.9 Å². The Hall–Kier alpha value is -3.52. The van der Waals surface area contributed by atoms with Crippen molar-refractivity contribution in [3.63, 3.8) is 0 Å². The van der Waals surface area contributed by atoms with E-state index in [2.05, 4.69) is 0 Å². The third-order valence-electron chi connectivity index (χ3n) is 6.39. The molecular weight excluding hydrogens is 428 g/mol. The molecule has 3 aromatic rings. The number of nitro groups is 1. The highest BCUT2D eigenvalue weighted by Gasteiger charge is 2.55. The maximum absolute atomic E-state index is 13.6. The highest BCUT2D eigenvalue weighted by atomic mass is 32.2. The topological polar surface area (TPSA) is 97.6 Å². The van der Waals surface area contributed by atoms with Gasteiger partial charge in [-0.25, -0.2) is 8.42 Å². The molecule has 0 spiro atoms. The highest BCUT2D eigenvalue weighted by molar-refractivity contribution is 7.91. The number of carbonyl (C=O) groups excluding carboxylic acids is 1. The zero-order valence-electron chi connectivity index (χ0n) is 17.0. The molecule has 1 fully saturated rings. The molecule has 8 heteroatoms. The van der Waals surface area contributed by atoms with E-state index in [4.69, 9.17) is 0 Å². The summed E-state index contributed by atoms with van der Waals surface area (Å²) in [6.07, 6.45) is 0.111. The summed E-state index contributed by atoms with van der Waals surface area (Å²) in [5.74, 6) is -0.549. The van der Waals surface area contributed by atoms with E-state index in [1.54, 1.807) is 17.0 Å². The maximum atomic E-state index is 13.6. The molecule has 32 heavy (non-hydrogen) atoms. The normalized spacial score (nSPS) is 21.9. The Labute approximate surface area is 185 Å². The lowest BCUT2D eigenvalue weighted by Crippen LogP contribution is -2.56. The first kappa shape index (κ1) is 20.4. The number of fused-ring (bicyclic) bond motifs is 3. The molecule has 1 aliphatic carbocycles. The van der Waals surface area contributed by atoms with Gasteiger partial charge in [-0.15, -0.1) is 0 Å². The summed E-state index contributed by atoms with van der Waals surface area (Å²) < 4.78 is 27.2. The molecule has 3 atom stereocenters. The summed E-state index contributed by atoms with van der Waals surface area (Å²) in [4.78, 5) is 25.3. The smallest absolute Gasteiger partial charge is 0.287 e. The summed E-state index contributed by atoms with van der Waals surface area (Å²) >= 11 is 0. The fourth-order valence-electron chi connectivity index (χ4n) is 4.92. The van der Waals surface area contributed by atoms with Gasteiger partial charge in [-0.1, -0.05) is 66.7 Å². The molecule has 0 saturated carbocycles. The van der Waals surface area contributed by atoms with Crippen molar-refractivity contribution in [2.75, 3.05) is 0 Å². The third kappa shape index (κ3) is 3.10. The second kappa shape index (κ2) is 7.56. The number of β-lactam (4-membered cyclic amide) rings is 1. The molecular formula is C24H20N2O5S. The standard InChI is InChI=1S/C24H20N2O5S/c27-24-19-14-22(32(30,31)21-13-7-6-12-20(21)26(28)29)17-10-4-5-11-18(17)23(19)25(24)15-16-8-2-1-3-9-16/h1-13,19,22-23H,14-15H2. The van der Waals surface area contributed by atoms with Gasteiger partial charge in [0, 0.05) is 12.6 Å². The Kier molecular flexibility index (Phi) is 4.82. The number of benzene rings is 3. The summed E-state index contributed by atoms with van der Waals surface area (Å²) in [5.41, 5.74) is 1.97. The van der Waals surface area contributed by atoms with Crippen molar-refractivity contribution in [2.45, 2.75) is 29.2 Å². The van der Waals surface area contributed by atoms with Crippen LogP contribution in [0.5, 0.6) is 0 Å². The molecule has 2 aliphatic rings. The Morgan fingerprint density at radius 2 is 1.53 bits per heavy atom. The van der Waals surface area contributed by atoms with Crippen LogP contribution >= 0.6 is 0 Å². The van der Waals surface area contributed by atoms with Crippen LogP contribution in [0.1, 0.15) is 34.4 Å². The minimum atomic E-state index is -4.09. The Balaban J connectivity index is 1.56. The second-order valence-electron chi connectivity index (χ2n) is 8.13. The van der Waals surface area contributed by atoms with E-state index >= 15 is 0 Å². The first-order valence-corrected chi connectivity index (χ1v) is 11.8. The van der Waals surface area contributed by atoms with E-state index in [-0.39, 0.29) is 23.3 Å². The lowest BCUT2D eigenvalue weighted by molar-refractivity contribution is -0.387. The van der Waals surface area contributed by atoms with Gasteiger partial charge in [0.1, 0.15) is 4.90 Å². The summed E-state index contributed by atoms with van der Waals surface area (Å²) in [6, 6.07) is 22.1. The molecule has 1 saturated heterocycles. The third-order valence-corrected chi connectivity index (χ3v) is 8.54. The van der Waals surface area contributed by atoms with Crippen LogP contribution in [-0.4, -0.2) is 24.1 Å². The Morgan fingerprint density at radius 3 is 2.25 bits per heavy atom. The van der Waals surface area contributed by atoms with Crippen molar-refractivity contribution in [3.05, 3.63) is 106 Å². The molecule has 0 bridgehead atoms. The lowest BCUT2D eigenvalue weighted by atomic mass is 9.72. The van der Waals surface area contributed by atoms with Gasteiger partial charge in [0.2, 0.25) is 5.91 Å². The number of hydrogen-bond donors (Lipinski definition) is 0. The molecule has 7 nitrogen and oxygen atoms in total. The average molecular weight is 449 g/mol. The second-order valence-corrected chi connectivity index (χ2v) is 10.2. The van der Waals surface area contributed by atoms with E-state index in [9.17, 15) is 23.3 Å². The molecule has 3 unspecified atom stereocenters. The zero-order valence-corrected chi connectivity index (χ0v) is 17.8. The van der Waals surface area contributed by atoms with Crippen LogP contribution in [0.15, 0.2) is 83.8 Å². The fourth-order valence-corrected chi connectivity index (χ4v) is 6.94. The van der Waals surface area contributed by atoms with E-state index < -0.39 is 31.6 Å². The number of likely N-dealkylation sites (tertiary alicyclic amines) is 1. The van der Waals surface area contributed by atoms with Crippen molar-refractivity contribution in [1.29, 1.82) is 0 Å². The van der Waals surface area contributed by atoms with Gasteiger partial charge in [0.05, 0.1) is 22.1 Å². The van der Waals surface area contributed by atoms with Crippen molar-refractivity contribution in [2.24, 2.45) is 5.92 Å². The Morgan fingerprint density at radius 1 is 0.906 bits per heavy atom. The van der Waals surface area contributed by atoms with Gasteiger partial charge >= 0.3 is 0 Å². The molecule has 1 amide bonds. The molecule has 5 rings (SSSR count). The first-order valence-electron chi connectivity index (χ1n) is 10.3. The molecule has 1 heterocycles. The molecule has 3 aromatic carbocycles. The van der Waals surface area contributed by atoms with Gasteiger partial charge in [-0.2, -0.15) is 0 Å². The van der Waals surface area contributed by atoms with Gasteiger partial charge < -0.3 is 4.90 Å². The van der Waals surface area contributed by atoms with Crippen molar-refractivity contribution >= 4 is 21.4 Å². The molecule has 0 radical (unpaired) electrons. The maximum Gasteiger partial charge on any atom is 0.287 e. The number of sulfone groups is 1. The number of nitrogens with zero attached hydrogens (tertiary/aromatic N) is 2. The van der Waals surface area contributed by atoms with Crippen LogP contribution in [-0.2, 0) is 21.2 Å². The van der Waals surface area contributed by atoms with Crippen LogP contribution < -0.4 is 0 Å². The largest absolute Gasteiger partial charge is 0.330 e. The predicted octanol–water partition coefficient (Wildman–Crippen LogP) is 4.21. The van der Waals surface area contributed by atoms with Gasteiger partial charge in [0.25, 0.3) is 5.69 Å². The zero-order chi connectivity index (χ0) is 22.5. The average Bonchev–Trinajstić information content (AvgIpc) is 2.81. The SMILES string of the molecule is O=C1C2CC(S(=O)(=O)c3ccccc3[N+](=O)[O-])c3ccccc3C2N1Cc1ccccc1. The van der Waals surface area contributed by atoms with Crippen LogP contribution in [0.4, 0.5) is 5.69 Å². The number of rotatable bonds is 5. The predicted molar refractivity (Wildman–Crippen MR) is 117 cm³/mol. The molecule has 1 aliphatic heterocycles. The monoisotopic (exact) mass is 448 g/mol. The first-order chi connectivity index (χ1) is 15.4. The number of nitro benzene ring substituents is 1. The van der Waals surface area contributed by atoms with Crippen molar-refractivity contribution in [3.8, 4) is 0 Å². The van der Waals surface area contributed by atoms with Crippen molar-refractivity contribution in [1.82, 2.24) is 4.90 Å². The molecule has 162 valence electrons. The van der Waals surface area contributed by atoms with Crippen LogP contribution in [0.2, 0.25) is 0 Å². The number of hydrogen-bond acceptors (Lipinski definition) is 5. The number of carbonyl (C=O) groups is 1.